The molecule has 4 rings (SSSR count). The van der Waals surface area contributed by atoms with Crippen molar-refractivity contribution >= 4 is 40.7 Å². The van der Waals surface area contributed by atoms with E-state index in [1.807, 2.05) is 12.3 Å². The van der Waals surface area contributed by atoms with Crippen molar-refractivity contribution in [3.05, 3.63) is 62.1 Å². The maximum atomic E-state index is 13.0. The fraction of sp³-hybridized carbons (Fsp3) is 0.350. The molecule has 9 nitrogen and oxygen atoms in total. The van der Waals surface area contributed by atoms with Crippen molar-refractivity contribution < 1.29 is 24.4 Å². The lowest BCUT2D eigenvalue weighted by molar-refractivity contribution is -0.384. The number of esters is 1. The van der Waals surface area contributed by atoms with Crippen molar-refractivity contribution in [3.63, 3.8) is 0 Å². The zero-order valence-corrected chi connectivity index (χ0v) is 18.3. The van der Waals surface area contributed by atoms with Crippen molar-refractivity contribution in [2.45, 2.75) is 36.9 Å². The Morgan fingerprint density at radius 1 is 1.42 bits per heavy atom. The fourth-order valence-electron chi connectivity index (χ4n) is 3.93. The summed E-state index contributed by atoms with van der Waals surface area (Å²) >= 11 is 2.76. The van der Waals surface area contributed by atoms with E-state index < -0.39 is 22.9 Å². The summed E-state index contributed by atoms with van der Waals surface area (Å²) in [5.74, 6) is -1.68. The van der Waals surface area contributed by atoms with Gasteiger partial charge in [0.05, 0.1) is 23.0 Å². The van der Waals surface area contributed by atoms with E-state index >= 15 is 0 Å². The molecule has 0 spiro atoms. The first-order valence-electron chi connectivity index (χ1n) is 9.52. The molecule has 0 saturated carbocycles. The highest BCUT2D eigenvalue weighted by molar-refractivity contribution is 8.04. The number of aromatic nitrogens is 1. The molecular formula is C20H19N3O6S2. The SMILES string of the molecule is CC(O)[C@H]1C(=O)N2C(C(=O)OCc3ccc([N+](=O)[O-])cc3)=C(Sc3nccs3)[C@H](C)[C@H]12. The quantitative estimate of drug-likeness (QED) is 0.289. The third-order valence-corrected chi connectivity index (χ3v) is 7.59. The third kappa shape index (κ3) is 3.84. The van der Waals surface area contributed by atoms with Crippen molar-refractivity contribution in [1.29, 1.82) is 0 Å². The number of nitro benzene ring substituents is 1. The van der Waals surface area contributed by atoms with Crippen molar-refractivity contribution in [1.82, 2.24) is 9.88 Å². The Hall–Kier alpha value is -2.76. The fourth-order valence-corrected chi connectivity index (χ4v) is 5.83. The number of aliphatic hydroxyl groups is 1. The molecule has 1 N–H and O–H groups in total. The van der Waals surface area contributed by atoms with Gasteiger partial charge in [-0.25, -0.2) is 9.78 Å². The number of aliphatic hydroxyl groups excluding tert-OH is 1. The molecule has 1 aromatic carbocycles. The number of non-ortho nitro benzene ring substituents is 1. The molecule has 1 amide bonds. The zero-order chi connectivity index (χ0) is 22.3. The van der Waals surface area contributed by atoms with E-state index in [0.717, 1.165) is 4.34 Å². The van der Waals surface area contributed by atoms with Crippen molar-refractivity contribution in [2.75, 3.05) is 0 Å². The first-order chi connectivity index (χ1) is 14.8. The molecule has 1 saturated heterocycles. The second-order valence-corrected chi connectivity index (χ2v) is 9.55. The van der Waals surface area contributed by atoms with Crippen LogP contribution in [-0.4, -0.2) is 43.9 Å². The van der Waals surface area contributed by atoms with Crippen LogP contribution in [0.4, 0.5) is 5.69 Å². The predicted molar refractivity (Wildman–Crippen MR) is 113 cm³/mol. The maximum absolute atomic E-state index is 13.0. The van der Waals surface area contributed by atoms with E-state index in [4.69, 9.17) is 4.74 Å². The Morgan fingerprint density at radius 3 is 2.71 bits per heavy atom. The number of rotatable bonds is 7. The average Bonchev–Trinajstić information content (AvgIpc) is 3.32. The van der Waals surface area contributed by atoms with Gasteiger partial charge in [-0.15, -0.1) is 11.3 Å². The van der Waals surface area contributed by atoms with Gasteiger partial charge in [0.1, 0.15) is 12.3 Å². The number of thiazole rings is 1. The lowest BCUT2D eigenvalue weighted by Gasteiger charge is -2.46. The average molecular weight is 462 g/mol. The van der Waals surface area contributed by atoms with Gasteiger partial charge in [-0.2, -0.15) is 0 Å². The van der Waals surface area contributed by atoms with E-state index in [9.17, 15) is 24.8 Å². The van der Waals surface area contributed by atoms with Gasteiger partial charge in [0.15, 0.2) is 4.34 Å². The van der Waals surface area contributed by atoms with Gasteiger partial charge in [-0.1, -0.05) is 18.7 Å². The summed E-state index contributed by atoms with van der Waals surface area (Å²) in [4.78, 5) is 42.4. The Bertz CT molecular complexity index is 1050. The van der Waals surface area contributed by atoms with Crippen LogP contribution in [-0.2, 0) is 20.9 Å². The van der Waals surface area contributed by atoms with E-state index in [0.29, 0.717) is 10.5 Å². The standard InChI is InChI=1S/C20H19N3O6S2/c1-10-15-14(11(2)24)18(25)22(15)16(17(10)31-20-21-7-8-30-20)19(26)29-9-12-3-5-13(6-4-12)23(27)28/h3-8,10-11,14-15,24H,9H2,1-2H3/t10-,11?,14-,15-/m1/s1. The highest BCUT2D eigenvalue weighted by atomic mass is 32.2. The molecule has 3 heterocycles. The van der Waals surface area contributed by atoms with Crippen LogP contribution in [0.2, 0.25) is 0 Å². The monoisotopic (exact) mass is 461 g/mol. The highest BCUT2D eigenvalue weighted by Crippen LogP contribution is 2.52. The summed E-state index contributed by atoms with van der Waals surface area (Å²) in [6.07, 6.45) is 0.844. The van der Waals surface area contributed by atoms with E-state index in [2.05, 4.69) is 4.98 Å². The van der Waals surface area contributed by atoms with Crippen LogP contribution < -0.4 is 0 Å². The minimum absolute atomic E-state index is 0.0530. The molecule has 1 unspecified atom stereocenters. The van der Waals surface area contributed by atoms with E-state index in [1.54, 1.807) is 13.1 Å². The van der Waals surface area contributed by atoms with E-state index in [-0.39, 0.29) is 35.9 Å². The molecule has 0 aliphatic carbocycles. The van der Waals surface area contributed by atoms with Crippen molar-refractivity contribution in [2.24, 2.45) is 11.8 Å². The second-order valence-electron chi connectivity index (χ2n) is 7.37. The number of carbonyl (C=O) groups is 2. The summed E-state index contributed by atoms with van der Waals surface area (Å²) in [5.41, 5.74) is 0.720. The number of hydrogen-bond donors (Lipinski definition) is 1. The number of benzene rings is 1. The number of fused-ring (bicyclic) bond motifs is 1. The molecular weight excluding hydrogens is 442 g/mol. The summed E-state index contributed by atoms with van der Waals surface area (Å²) in [5, 5.41) is 22.6. The van der Waals surface area contributed by atoms with Crippen LogP contribution in [0.15, 0.2) is 50.8 Å². The minimum Gasteiger partial charge on any atom is -0.456 e. The summed E-state index contributed by atoms with van der Waals surface area (Å²) in [6, 6.07) is 5.40. The first kappa shape index (κ1) is 21.5. The third-order valence-electron chi connectivity index (χ3n) is 5.43. The number of nitrogens with zero attached hydrogens (tertiary/aromatic N) is 3. The topological polar surface area (TPSA) is 123 Å². The van der Waals surface area contributed by atoms with Crippen LogP contribution >= 0.6 is 23.1 Å². The molecule has 31 heavy (non-hydrogen) atoms. The number of thioether (sulfide) groups is 1. The largest absolute Gasteiger partial charge is 0.456 e. The van der Waals surface area contributed by atoms with E-state index in [1.165, 1.54) is 52.3 Å². The normalized spacial score (nSPS) is 23.4. The lowest BCUT2D eigenvalue weighted by atomic mass is 9.79. The molecule has 0 radical (unpaired) electrons. The zero-order valence-electron chi connectivity index (χ0n) is 16.6. The van der Waals surface area contributed by atoms with Gasteiger partial charge in [-0.05, 0) is 24.6 Å². The van der Waals surface area contributed by atoms with Crippen LogP contribution in [0, 0.1) is 22.0 Å². The number of carbonyl (C=O) groups excluding carboxylic acids is 2. The van der Waals surface area contributed by atoms with Gasteiger partial charge in [0.2, 0.25) is 5.91 Å². The Labute approximate surface area is 185 Å². The van der Waals surface area contributed by atoms with Gasteiger partial charge >= 0.3 is 5.97 Å². The number of nitro groups is 1. The molecule has 0 bridgehead atoms. The summed E-state index contributed by atoms with van der Waals surface area (Å²) < 4.78 is 6.20. The number of β-lactam (4-membered cyclic amide) rings is 1. The molecule has 1 aromatic heterocycles. The van der Waals surface area contributed by atoms with Gasteiger partial charge in [0, 0.05) is 34.5 Å². The Kier molecular flexibility index (Phi) is 5.82. The molecule has 1 fully saturated rings. The first-order valence-corrected chi connectivity index (χ1v) is 11.2. The van der Waals surface area contributed by atoms with Crippen LogP contribution in [0.5, 0.6) is 0 Å². The predicted octanol–water partition coefficient (Wildman–Crippen LogP) is 2.96. The smallest absolute Gasteiger partial charge is 0.356 e. The lowest BCUT2D eigenvalue weighted by Crippen LogP contribution is -2.63. The molecule has 11 heteroatoms. The van der Waals surface area contributed by atoms with Crippen LogP contribution in [0.3, 0.4) is 0 Å². The van der Waals surface area contributed by atoms with Crippen molar-refractivity contribution in [3.8, 4) is 0 Å². The minimum atomic E-state index is -0.821. The molecule has 2 aliphatic rings. The van der Waals surface area contributed by atoms with Gasteiger partial charge < -0.3 is 14.7 Å². The Balaban J connectivity index is 1.57. The molecule has 162 valence electrons. The molecule has 2 aromatic rings. The van der Waals surface area contributed by atoms with Gasteiger partial charge in [-0.3, -0.25) is 14.9 Å². The number of amides is 1. The van der Waals surface area contributed by atoms with Crippen LogP contribution in [0.25, 0.3) is 0 Å². The summed E-state index contributed by atoms with van der Waals surface area (Å²) in [6.45, 7) is 3.41. The Morgan fingerprint density at radius 2 is 2.13 bits per heavy atom. The van der Waals surface area contributed by atoms with Gasteiger partial charge in [0.25, 0.3) is 5.69 Å². The number of hydrogen-bond acceptors (Lipinski definition) is 9. The second kappa shape index (κ2) is 8.40. The maximum Gasteiger partial charge on any atom is 0.356 e. The number of ether oxygens (including phenoxy) is 1. The van der Waals surface area contributed by atoms with Crippen LogP contribution in [0.1, 0.15) is 19.4 Å². The summed E-state index contributed by atoms with van der Waals surface area (Å²) in [7, 11) is 0. The molecule has 4 atom stereocenters. The molecule has 2 aliphatic heterocycles. The highest BCUT2D eigenvalue weighted by Gasteiger charge is 2.60.